The van der Waals surface area contributed by atoms with Gasteiger partial charge in [0.05, 0.1) is 42.8 Å². The van der Waals surface area contributed by atoms with Crippen LogP contribution >= 0.6 is 0 Å². The number of hydrogen-bond donors (Lipinski definition) is 1. The summed E-state index contributed by atoms with van der Waals surface area (Å²) in [5, 5.41) is 3.94. The van der Waals surface area contributed by atoms with Crippen molar-refractivity contribution in [2.24, 2.45) is 5.73 Å². The molecule has 38 heavy (non-hydrogen) atoms. The van der Waals surface area contributed by atoms with Gasteiger partial charge in [0, 0.05) is 25.9 Å². The number of hydrogen-bond acceptors (Lipinski definition) is 7. The first-order valence-corrected chi connectivity index (χ1v) is 12.1. The first-order valence-electron chi connectivity index (χ1n) is 12.1. The largest absolute Gasteiger partial charge is 0.491 e. The van der Waals surface area contributed by atoms with Crippen LogP contribution in [-0.2, 0) is 17.8 Å². The second kappa shape index (κ2) is 10.7. The number of pyridine rings is 1. The van der Waals surface area contributed by atoms with E-state index in [0.29, 0.717) is 36.6 Å². The van der Waals surface area contributed by atoms with Crippen LogP contribution in [0.2, 0.25) is 0 Å². The fraction of sp³-hybridized carbons (Fsp3) is 0.222. The quantitative estimate of drug-likeness (QED) is 0.444. The molecule has 2 aliphatic rings. The van der Waals surface area contributed by atoms with E-state index in [-0.39, 0.29) is 24.2 Å². The summed E-state index contributed by atoms with van der Waals surface area (Å²) in [4.78, 5) is 34.1. The molecular formula is C27H26FN7O3. The number of carbonyl (C=O) groups is 2. The van der Waals surface area contributed by atoms with Gasteiger partial charge in [0.2, 0.25) is 11.7 Å². The minimum atomic E-state index is -0.609. The van der Waals surface area contributed by atoms with Crippen molar-refractivity contribution in [2.45, 2.75) is 19.4 Å². The zero-order valence-corrected chi connectivity index (χ0v) is 20.7. The monoisotopic (exact) mass is 515 g/mol. The van der Waals surface area contributed by atoms with Crippen LogP contribution in [-0.4, -0.2) is 51.8 Å². The molecule has 2 amide bonds. The molecule has 10 nitrogen and oxygen atoms in total. The van der Waals surface area contributed by atoms with E-state index in [1.807, 2.05) is 41.3 Å². The van der Waals surface area contributed by atoms with Gasteiger partial charge in [-0.25, -0.2) is 14.1 Å². The highest BCUT2D eigenvalue weighted by Gasteiger charge is 2.27. The molecule has 4 heterocycles. The van der Waals surface area contributed by atoms with Gasteiger partial charge in [0.25, 0.3) is 5.91 Å². The number of benzene rings is 2. The third-order valence-corrected chi connectivity index (χ3v) is 6.36. The molecule has 6 rings (SSSR count). The topological polar surface area (TPSA) is 119 Å². The fourth-order valence-electron chi connectivity index (χ4n) is 4.39. The van der Waals surface area contributed by atoms with Gasteiger partial charge < -0.3 is 20.3 Å². The first kappa shape index (κ1) is 24.9. The molecular weight excluding hydrogens is 489 g/mol. The van der Waals surface area contributed by atoms with Crippen LogP contribution in [0.5, 0.6) is 5.75 Å². The molecule has 0 radical (unpaired) electrons. The van der Waals surface area contributed by atoms with E-state index in [9.17, 15) is 14.0 Å². The number of rotatable bonds is 4. The van der Waals surface area contributed by atoms with Crippen LogP contribution < -0.4 is 20.3 Å². The molecule has 0 aliphatic carbocycles. The van der Waals surface area contributed by atoms with Crippen LogP contribution in [0.1, 0.15) is 28.2 Å². The van der Waals surface area contributed by atoms with Crippen molar-refractivity contribution in [3.63, 3.8) is 0 Å². The molecule has 0 saturated heterocycles. The third kappa shape index (κ3) is 5.17. The van der Waals surface area contributed by atoms with Gasteiger partial charge in [-0.3, -0.25) is 14.6 Å². The summed E-state index contributed by atoms with van der Waals surface area (Å²) in [6.07, 6.45) is 6.13. The average molecular weight is 516 g/mol. The predicted octanol–water partition coefficient (Wildman–Crippen LogP) is 3.09. The lowest BCUT2D eigenvalue weighted by molar-refractivity contribution is -0.118. The maximum atomic E-state index is 14.6. The molecule has 4 aromatic rings. The second-order valence-corrected chi connectivity index (χ2v) is 8.84. The summed E-state index contributed by atoms with van der Waals surface area (Å²) in [6, 6.07) is 14.8. The number of anilines is 3. The molecule has 0 spiro atoms. The highest BCUT2D eigenvalue weighted by atomic mass is 19.1. The second-order valence-electron chi connectivity index (χ2n) is 8.84. The number of primary amides is 1. The van der Waals surface area contributed by atoms with Gasteiger partial charge in [-0.15, -0.1) is 5.10 Å². The van der Waals surface area contributed by atoms with Crippen LogP contribution in [0.3, 0.4) is 0 Å². The molecule has 0 unspecified atom stereocenters. The van der Waals surface area contributed by atoms with Crippen molar-refractivity contribution < 1.29 is 18.7 Å². The number of fused-ring (bicyclic) bond motifs is 2. The van der Waals surface area contributed by atoms with Gasteiger partial charge >= 0.3 is 0 Å². The summed E-state index contributed by atoms with van der Waals surface area (Å²) in [5.41, 5.74) is 9.24. The summed E-state index contributed by atoms with van der Waals surface area (Å²) >= 11 is 0. The lowest BCUT2D eigenvalue weighted by atomic mass is 10.2. The smallest absolute Gasteiger partial charge is 0.288 e. The molecule has 0 fully saturated rings. The Kier molecular flexibility index (Phi) is 6.98. The van der Waals surface area contributed by atoms with Gasteiger partial charge in [0.1, 0.15) is 12.1 Å². The van der Waals surface area contributed by atoms with Gasteiger partial charge in [-0.1, -0.05) is 30.3 Å². The van der Waals surface area contributed by atoms with Crippen LogP contribution in [0.4, 0.5) is 21.5 Å². The molecule has 2 N–H and O–H groups in total. The SMILES string of the molecule is CN1C(=O)CCOc2cc(F)c(N3CCc4ccncc43)cc21.NC(=O)c1ncn(Cc2ccccc2)n1. The minimum absolute atomic E-state index is 0.0372. The van der Waals surface area contributed by atoms with E-state index in [0.717, 1.165) is 23.2 Å². The number of carbonyl (C=O) groups excluding carboxylic acids is 2. The number of ether oxygens (including phenoxy) is 1. The number of amides is 2. The number of aromatic nitrogens is 4. The van der Waals surface area contributed by atoms with E-state index in [4.69, 9.17) is 10.5 Å². The van der Waals surface area contributed by atoms with Crippen LogP contribution in [0.15, 0.2) is 67.3 Å². The van der Waals surface area contributed by atoms with Gasteiger partial charge in [0.15, 0.2) is 5.82 Å². The van der Waals surface area contributed by atoms with Crippen molar-refractivity contribution >= 4 is 28.9 Å². The first-order chi connectivity index (χ1) is 18.4. The molecule has 2 aromatic carbocycles. The van der Waals surface area contributed by atoms with E-state index >= 15 is 0 Å². The Morgan fingerprint density at radius 2 is 1.92 bits per heavy atom. The average Bonchev–Trinajstić information content (AvgIpc) is 3.54. The maximum Gasteiger partial charge on any atom is 0.288 e. The number of halogens is 1. The highest BCUT2D eigenvalue weighted by Crippen LogP contribution is 2.41. The molecule has 0 atom stereocenters. The summed E-state index contributed by atoms with van der Waals surface area (Å²) < 4.78 is 21.7. The van der Waals surface area contributed by atoms with Gasteiger partial charge in [-0.2, -0.15) is 0 Å². The Morgan fingerprint density at radius 1 is 1.11 bits per heavy atom. The molecule has 2 aliphatic heterocycles. The Hall–Kier alpha value is -4.80. The zero-order chi connectivity index (χ0) is 26.6. The Labute approximate surface area is 218 Å². The van der Waals surface area contributed by atoms with Crippen LogP contribution in [0.25, 0.3) is 0 Å². The van der Waals surface area contributed by atoms with Crippen molar-refractivity contribution in [3.8, 4) is 5.75 Å². The molecule has 0 saturated carbocycles. The van der Waals surface area contributed by atoms with Gasteiger partial charge in [-0.05, 0) is 29.7 Å². The highest BCUT2D eigenvalue weighted by molar-refractivity contribution is 5.96. The predicted molar refractivity (Wildman–Crippen MR) is 139 cm³/mol. The fourth-order valence-corrected chi connectivity index (χ4v) is 4.39. The Bertz CT molecular complexity index is 1470. The lowest BCUT2D eigenvalue weighted by Crippen LogP contribution is -2.25. The summed E-state index contributed by atoms with van der Waals surface area (Å²) in [6.45, 7) is 1.54. The van der Waals surface area contributed by atoms with E-state index < -0.39 is 5.91 Å². The third-order valence-electron chi connectivity index (χ3n) is 6.36. The van der Waals surface area contributed by atoms with Crippen molar-refractivity contribution in [1.29, 1.82) is 0 Å². The molecule has 2 aromatic heterocycles. The maximum absolute atomic E-state index is 14.6. The van der Waals surface area contributed by atoms with Crippen molar-refractivity contribution in [1.82, 2.24) is 19.7 Å². The van der Waals surface area contributed by atoms with E-state index in [1.54, 1.807) is 30.2 Å². The van der Waals surface area contributed by atoms with E-state index in [2.05, 4.69) is 15.1 Å². The molecule has 194 valence electrons. The minimum Gasteiger partial charge on any atom is -0.491 e. The Balaban J connectivity index is 0.000000170. The number of nitrogens with two attached hydrogens (primary N) is 1. The summed E-state index contributed by atoms with van der Waals surface area (Å²) in [7, 11) is 1.69. The normalized spacial score (nSPS) is 14.1. The zero-order valence-electron chi connectivity index (χ0n) is 20.7. The standard InChI is InChI=1S/C17H16FN3O2.C10H10N4O/c1-20-14-9-13(12(18)8-16(14)23-7-4-17(20)22)21-6-3-11-2-5-19-10-15(11)21;11-9(15)10-12-7-14(13-10)6-8-4-2-1-3-5-8/h2,5,8-10H,3-4,6-7H2,1H3;1-5,7H,6H2,(H2,11,15). The Morgan fingerprint density at radius 3 is 2.68 bits per heavy atom. The molecule has 0 bridgehead atoms. The van der Waals surface area contributed by atoms with Crippen molar-refractivity contribution in [2.75, 3.05) is 30.0 Å². The summed E-state index contributed by atoms with van der Waals surface area (Å²) in [5.74, 6) is -0.550. The van der Waals surface area contributed by atoms with E-state index in [1.165, 1.54) is 17.3 Å². The van der Waals surface area contributed by atoms with Crippen molar-refractivity contribution in [3.05, 3.63) is 90.0 Å². The van der Waals surface area contributed by atoms with Crippen LogP contribution in [0, 0.1) is 5.82 Å². The lowest BCUT2D eigenvalue weighted by Gasteiger charge is -2.23. The molecule has 11 heteroatoms. The number of nitrogens with zero attached hydrogens (tertiary/aromatic N) is 6.